The molecule has 6 nitrogen and oxygen atoms in total. The van der Waals surface area contributed by atoms with E-state index in [1.807, 2.05) is 4.90 Å². The van der Waals surface area contributed by atoms with Gasteiger partial charge in [-0.05, 0) is 93.7 Å². The minimum absolute atomic E-state index is 0.00722. The zero-order chi connectivity index (χ0) is 28.0. The lowest BCUT2D eigenvalue weighted by atomic mass is 9.70. The molecule has 3 atom stereocenters. The molecule has 0 saturated carbocycles. The van der Waals surface area contributed by atoms with Gasteiger partial charge in [0.05, 0.1) is 16.6 Å². The van der Waals surface area contributed by atoms with Crippen LogP contribution in [0.4, 0.5) is 0 Å². The van der Waals surface area contributed by atoms with Crippen LogP contribution in [0.25, 0.3) is 11.0 Å². The monoisotopic (exact) mass is 567 g/mol. The number of halogens is 1. The largest absolute Gasteiger partial charge is 0.338 e. The van der Waals surface area contributed by atoms with Crippen LogP contribution < -0.4 is 0 Å². The van der Waals surface area contributed by atoms with E-state index < -0.39 is 0 Å². The number of amides is 1. The van der Waals surface area contributed by atoms with E-state index in [4.69, 9.17) is 16.6 Å². The predicted octanol–water partition coefficient (Wildman–Crippen LogP) is 6.83. The maximum Gasteiger partial charge on any atom is 0.256 e. The van der Waals surface area contributed by atoms with Crippen molar-refractivity contribution in [3.63, 3.8) is 0 Å². The molecule has 5 heterocycles. The van der Waals surface area contributed by atoms with Crippen LogP contribution >= 0.6 is 11.6 Å². The Morgan fingerprint density at radius 3 is 2.37 bits per heavy atom. The molecule has 3 aliphatic rings. The van der Waals surface area contributed by atoms with Gasteiger partial charge in [-0.15, -0.1) is 0 Å². The van der Waals surface area contributed by atoms with Crippen LogP contribution in [0.15, 0.2) is 72.9 Å². The second kappa shape index (κ2) is 10.9. The van der Waals surface area contributed by atoms with E-state index in [2.05, 4.69) is 76.0 Å². The van der Waals surface area contributed by atoms with Crippen molar-refractivity contribution in [2.45, 2.75) is 75.4 Å². The molecule has 1 amide bonds. The van der Waals surface area contributed by atoms with Gasteiger partial charge in [0.15, 0.2) is 0 Å². The van der Waals surface area contributed by atoms with E-state index in [9.17, 15) is 4.79 Å². The number of imidazole rings is 1. The summed E-state index contributed by atoms with van der Waals surface area (Å²) in [4.78, 5) is 27.1. The van der Waals surface area contributed by atoms with Gasteiger partial charge in [0.1, 0.15) is 11.0 Å². The quantitative estimate of drug-likeness (QED) is 0.240. The maximum absolute atomic E-state index is 13.3. The average Bonchev–Trinajstić information content (AvgIpc) is 3.47. The van der Waals surface area contributed by atoms with Gasteiger partial charge >= 0.3 is 0 Å². The number of likely N-dealkylation sites (tertiary alicyclic amines) is 1. The first-order chi connectivity index (χ1) is 20.0. The molecule has 2 bridgehead atoms. The summed E-state index contributed by atoms with van der Waals surface area (Å²) in [5, 5.41) is 0.287. The van der Waals surface area contributed by atoms with Crippen molar-refractivity contribution in [3.05, 3.63) is 95.0 Å². The first-order valence-corrected chi connectivity index (χ1v) is 15.5. The van der Waals surface area contributed by atoms with E-state index in [-0.39, 0.29) is 16.5 Å². The number of pyridine rings is 1. The number of carbonyl (C=O) groups is 1. The highest BCUT2D eigenvalue weighted by Crippen LogP contribution is 2.45. The molecule has 0 unspecified atom stereocenters. The fourth-order valence-electron chi connectivity index (χ4n) is 8.12. The summed E-state index contributed by atoms with van der Waals surface area (Å²) in [6.07, 6.45) is 9.66. The normalized spacial score (nSPS) is 24.1. The van der Waals surface area contributed by atoms with Crippen LogP contribution in [0.1, 0.15) is 72.7 Å². The van der Waals surface area contributed by atoms with Gasteiger partial charge in [0, 0.05) is 37.4 Å². The zero-order valence-electron chi connectivity index (χ0n) is 23.8. The summed E-state index contributed by atoms with van der Waals surface area (Å²) in [6.45, 7) is 4.75. The summed E-state index contributed by atoms with van der Waals surface area (Å²) < 4.78 is 2.52. The molecule has 0 aliphatic carbocycles. The molecule has 3 saturated heterocycles. The van der Waals surface area contributed by atoms with E-state index in [0.717, 1.165) is 50.2 Å². The number of aromatic nitrogens is 3. The number of piperidine rings is 2. The molecule has 41 heavy (non-hydrogen) atoms. The Kier molecular flexibility index (Phi) is 7.08. The maximum atomic E-state index is 13.3. The molecule has 3 aliphatic heterocycles. The van der Waals surface area contributed by atoms with Gasteiger partial charge in [-0.25, -0.2) is 9.97 Å². The molecule has 4 aromatic rings. The molecule has 2 aromatic carbocycles. The number of hydrogen-bond acceptors (Lipinski definition) is 4. The van der Waals surface area contributed by atoms with Gasteiger partial charge in [0.25, 0.3) is 5.91 Å². The number of nitrogens with zero attached hydrogens (tertiary/aromatic N) is 5. The number of benzene rings is 2. The zero-order valence-corrected chi connectivity index (χ0v) is 24.5. The third-order valence-electron chi connectivity index (χ3n) is 10.2. The Morgan fingerprint density at radius 2 is 1.63 bits per heavy atom. The highest BCUT2D eigenvalue weighted by Gasteiger charge is 2.44. The summed E-state index contributed by atoms with van der Waals surface area (Å²) in [5.74, 6) is 1.13. The van der Waals surface area contributed by atoms with Crippen LogP contribution in [-0.2, 0) is 5.41 Å². The molecule has 3 fully saturated rings. The van der Waals surface area contributed by atoms with Crippen molar-refractivity contribution >= 4 is 28.5 Å². The molecule has 2 aromatic heterocycles. The number of aryl methyl sites for hydroxylation is 1. The van der Waals surface area contributed by atoms with Crippen LogP contribution in [0.3, 0.4) is 0 Å². The minimum atomic E-state index is -0.00722. The van der Waals surface area contributed by atoms with Crippen molar-refractivity contribution in [1.29, 1.82) is 0 Å². The lowest BCUT2D eigenvalue weighted by Crippen LogP contribution is -2.49. The SMILES string of the molecule is Cc1nc2ccccc2n1[C@H]1C[C@H]2CC[C@@H](C1)N2CCC1(c2ccccc2)CCN(C(=O)c2cccnc2Cl)CC1. The van der Waals surface area contributed by atoms with E-state index in [1.165, 1.54) is 36.8 Å². The van der Waals surface area contributed by atoms with Crippen molar-refractivity contribution in [1.82, 2.24) is 24.3 Å². The van der Waals surface area contributed by atoms with Crippen LogP contribution in [0, 0.1) is 6.92 Å². The van der Waals surface area contributed by atoms with Crippen molar-refractivity contribution in [3.8, 4) is 0 Å². The van der Waals surface area contributed by atoms with Crippen molar-refractivity contribution < 1.29 is 4.79 Å². The molecule has 212 valence electrons. The lowest BCUT2D eigenvalue weighted by molar-refractivity contribution is 0.0607. The molecular weight excluding hydrogens is 530 g/mol. The van der Waals surface area contributed by atoms with Gasteiger partial charge in [-0.3, -0.25) is 9.69 Å². The molecular formula is C34H38ClN5O. The predicted molar refractivity (Wildman–Crippen MR) is 163 cm³/mol. The number of carbonyl (C=O) groups excluding carboxylic acids is 1. The molecule has 0 N–H and O–H groups in total. The van der Waals surface area contributed by atoms with Crippen molar-refractivity contribution in [2.24, 2.45) is 0 Å². The van der Waals surface area contributed by atoms with E-state index >= 15 is 0 Å². The number of rotatable bonds is 6. The van der Waals surface area contributed by atoms with Crippen molar-refractivity contribution in [2.75, 3.05) is 19.6 Å². The Morgan fingerprint density at radius 1 is 0.927 bits per heavy atom. The van der Waals surface area contributed by atoms with Crippen LogP contribution in [-0.4, -0.2) is 62.0 Å². The summed E-state index contributed by atoms with van der Waals surface area (Å²) >= 11 is 6.27. The third-order valence-corrected chi connectivity index (χ3v) is 10.5. The Balaban J connectivity index is 1.07. The number of para-hydroxylation sites is 2. The van der Waals surface area contributed by atoms with Crippen LogP contribution in [0.5, 0.6) is 0 Å². The molecule has 7 heteroatoms. The fourth-order valence-corrected chi connectivity index (χ4v) is 8.32. The molecule has 0 radical (unpaired) electrons. The van der Waals surface area contributed by atoms with Gasteiger partial charge < -0.3 is 9.47 Å². The summed E-state index contributed by atoms with van der Waals surface area (Å²) in [7, 11) is 0. The van der Waals surface area contributed by atoms with Gasteiger partial charge in [0.2, 0.25) is 0 Å². The topological polar surface area (TPSA) is 54.3 Å². The summed E-state index contributed by atoms with van der Waals surface area (Å²) in [6, 6.07) is 24.9. The second-order valence-electron chi connectivity index (χ2n) is 12.3. The highest BCUT2D eigenvalue weighted by atomic mass is 35.5. The number of hydrogen-bond donors (Lipinski definition) is 0. The smallest absolute Gasteiger partial charge is 0.256 e. The van der Waals surface area contributed by atoms with Gasteiger partial charge in [-0.2, -0.15) is 0 Å². The minimum Gasteiger partial charge on any atom is -0.338 e. The standard InChI is InChI=1S/C34H38ClN5O/c1-24-37-30-11-5-6-12-31(30)40(24)28-22-26-13-14-27(23-28)39(26)21-17-34(25-8-3-2-4-9-25)15-19-38(20-16-34)33(41)29-10-7-18-36-32(29)35/h2-12,18,26-28H,13-17,19-23H2,1H3/t26-,27+,28+. The molecule has 7 rings (SSSR count). The molecule has 0 spiro atoms. The Hall–Kier alpha value is -3.22. The summed E-state index contributed by atoms with van der Waals surface area (Å²) in [5.41, 5.74) is 4.38. The fraction of sp³-hybridized carbons (Fsp3) is 0.441. The lowest BCUT2D eigenvalue weighted by Gasteiger charge is -2.45. The van der Waals surface area contributed by atoms with Crippen LogP contribution in [0.2, 0.25) is 5.15 Å². The number of fused-ring (bicyclic) bond motifs is 3. The van der Waals surface area contributed by atoms with E-state index in [1.54, 1.807) is 18.3 Å². The third kappa shape index (κ3) is 4.85. The van der Waals surface area contributed by atoms with E-state index in [0.29, 0.717) is 23.7 Å². The first kappa shape index (κ1) is 26.7. The Bertz CT molecular complexity index is 1530. The average molecular weight is 568 g/mol. The first-order valence-electron chi connectivity index (χ1n) is 15.2. The van der Waals surface area contributed by atoms with Gasteiger partial charge in [-0.1, -0.05) is 54.1 Å². The highest BCUT2D eigenvalue weighted by molar-refractivity contribution is 6.32. The second-order valence-corrected chi connectivity index (χ2v) is 12.7. The Labute approximate surface area is 247 Å².